The molecule has 0 aliphatic heterocycles. The topological polar surface area (TPSA) is 332 Å². The minimum Gasteiger partial charge on any atom is -0.511 e. The average molecular weight is 2180 g/mol. The maximum Gasteiger partial charge on any atom is 0.419 e. The van der Waals surface area contributed by atoms with E-state index >= 15 is 4.79 Å². The minimum absolute atomic E-state index is 0. The van der Waals surface area contributed by atoms with Crippen LogP contribution in [0.25, 0.3) is 21.8 Å². The second-order valence-electron chi connectivity index (χ2n) is 32.6. The summed E-state index contributed by atoms with van der Waals surface area (Å²) in [5.74, 6) is -2.13. The first-order chi connectivity index (χ1) is 49.1. The Hall–Kier alpha value is -5.00. The van der Waals surface area contributed by atoms with E-state index in [0.29, 0.717) is 92.5 Å². The number of Topliss-reactive ketones (excluding diaryl/α,β-unsaturated/α-hetero) is 1. The molecule has 108 heavy (non-hydrogen) atoms. The van der Waals surface area contributed by atoms with E-state index in [-0.39, 0.29) is 178 Å². The van der Waals surface area contributed by atoms with Gasteiger partial charge in [-0.3, -0.25) is 33.8 Å². The van der Waals surface area contributed by atoms with Crippen LogP contribution in [-0.4, -0.2) is 153 Å². The number of ketones is 1. The molecule has 1 aliphatic rings. The van der Waals surface area contributed by atoms with Gasteiger partial charge < -0.3 is 67.2 Å². The number of fused-ring (bicyclic) bond motifs is 2. The number of likely N-dealkylation sites (N-methyl/N-ethyl adjacent to an activating group) is 1. The zero-order chi connectivity index (χ0) is 78.3. The van der Waals surface area contributed by atoms with Crippen molar-refractivity contribution in [2.24, 2.45) is 28.2 Å². The molecular weight excluding hydrogens is 2050 g/mol. The first-order valence-electron chi connectivity index (χ1n) is 37.4. The van der Waals surface area contributed by atoms with Crippen LogP contribution in [0.4, 0.5) is 14.4 Å². The van der Waals surface area contributed by atoms with Crippen LogP contribution in [0.1, 0.15) is 214 Å². The fourth-order valence-corrected chi connectivity index (χ4v) is 12.4. The molecule has 6 amide bonds. The van der Waals surface area contributed by atoms with Gasteiger partial charge in [-0.15, -0.1) is 0 Å². The molecule has 0 saturated carbocycles. The van der Waals surface area contributed by atoms with Gasteiger partial charge in [-0.05, 0) is 162 Å². The standard InChI is InChI=1S/C80H123N12O13.3U/c1-21-59(71(97)88-55(38-49(2)3)46-85-63(70(96)81-20)43-58-41-54-31-23-25-35-66(54)92(58)76(102)105-79(15,16)17)86-48-64(51(6)7)90-72(98)60(32-26-29-37-83-74(100)103-77(9,10)11)84-47-56(42-57-40-53-30-22-24-34-65(53)91(57)75(101)104-78(12,13)14)89-73(99)61(87-52(8)93)33-27-28-36-82-62(39-50(4)5)69-67(94)44-80(18,19)45-68(69)95;;;/h22-25,30-31,34-35,40-41,46-51,55-56,59-61,63-64,84-86,94H,21,26-29,32-33,36-39,42-45H2,1-20H3,(H,81,96)(H,83,100)(H,87,93)(H,88,97)(H,89,99)(H,90,98);;;/q-3;;;. The Balaban J connectivity index is 0.0000132. The minimum atomic E-state index is -1.04. The number of unbranched alkanes of at least 4 members (excludes halogenated alkanes) is 2. The number of aliphatic hydroxyl groups is 1. The molecule has 5 rings (SSSR count). The summed E-state index contributed by atoms with van der Waals surface area (Å²) >= 11 is 0. The van der Waals surface area contributed by atoms with E-state index in [1.54, 1.807) is 94.1 Å². The van der Waals surface area contributed by atoms with E-state index in [1.807, 2.05) is 111 Å². The second-order valence-corrected chi connectivity index (χ2v) is 32.6. The van der Waals surface area contributed by atoms with Crippen LogP contribution in [0.3, 0.4) is 0 Å². The van der Waals surface area contributed by atoms with E-state index < -0.39 is 95.1 Å². The Kier molecular flexibility index (Phi) is 42.4. The van der Waals surface area contributed by atoms with Crippen molar-refractivity contribution in [3.8, 4) is 0 Å². The van der Waals surface area contributed by atoms with Crippen LogP contribution >= 0.6 is 0 Å². The van der Waals surface area contributed by atoms with Crippen molar-refractivity contribution < 1.29 is 156 Å². The summed E-state index contributed by atoms with van der Waals surface area (Å²) in [4.78, 5) is 130. The van der Waals surface area contributed by atoms with E-state index in [2.05, 4.69) is 47.9 Å². The number of carbonyl (C=O) groups excluding carboxylic acids is 9. The molecule has 0 bridgehead atoms. The van der Waals surface area contributed by atoms with Crippen molar-refractivity contribution >= 4 is 81.1 Å². The molecule has 2 heterocycles. The van der Waals surface area contributed by atoms with Gasteiger partial charge in [-0.2, -0.15) is 0 Å². The number of nitrogens with one attached hydrogen (secondary N) is 9. The number of alkyl carbamates (subject to hydrolysis) is 1. The van der Waals surface area contributed by atoms with Crippen molar-refractivity contribution in [3.63, 3.8) is 0 Å². The first kappa shape index (κ1) is 99.1. The van der Waals surface area contributed by atoms with Gasteiger partial charge in [0.25, 0.3) is 0 Å². The number of aromatic nitrogens is 2. The number of nitrogens with zero attached hydrogens (tertiary/aromatic N) is 3. The Labute approximate surface area is 712 Å². The van der Waals surface area contributed by atoms with Crippen LogP contribution in [0, 0.1) is 136 Å². The fraction of sp³-hybridized carbons (Fsp3) is 0.613. The molecule has 596 valence electrons. The monoisotopic (exact) mass is 2170 g/mol. The number of carbonyl (C=O) groups is 9. The van der Waals surface area contributed by atoms with E-state index in [9.17, 15) is 43.5 Å². The van der Waals surface area contributed by atoms with E-state index in [0.717, 1.165) is 10.8 Å². The molecule has 0 spiro atoms. The van der Waals surface area contributed by atoms with Gasteiger partial charge in [0.2, 0.25) is 29.5 Å². The summed E-state index contributed by atoms with van der Waals surface area (Å²) < 4.78 is 20.2. The zero-order valence-electron chi connectivity index (χ0n) is 67.6. The molecule has 1 aliphatic carbocycles. The van der Waals surface area contributed by atoms with Gasteiger partial charge in [-0.25, -0.2) is 43.2 Å². The van der Waals surface area contributed by atoms with Crippen LogP contribution in [0.15, 0.2) is 77.0 Å². The molecule has 4 aromatic rings. The molecule has 2 aromatic carbocycles. The Morgan fingerprint density at radius 2 is 1.08 bits per heavy atom. The normalized spacial score (nSPS) is 15.3. The van der Waals surface area contributed by atoms with Gasteiger partial charge >= 0.3 is 18.3 Å². The van der Waals surface area contributed by atoms with Crippen molar-refractivity contribution in [1.29, 1.82) is 0 Å². The van der Waals surface area contributed by atoms with E-state index in [4.69, 9.17) is 19.2 Å². The zero-order valence-corrected chi connectivity index (χ0v) is 80.1. The van der Waals surface area contributed by atoms with Crippen molar-refractivity contribution in [2.45, 2.75) is 274 Å². The Morgan fingerprint density at radius 3 is 1.59 bits per heavy atom. The molecule has 28 heteroatoms. The predicted molar refractivity (Wildman–Crippen MR) is 412 cm³/mol. The van der Waals surface area contributed by atoms with Crippen LogP contribution in [0.5, 0.6) is 0 Å². The molecule has 7 atom stereocenters. The third kappa shape index (κ3) is 33.7. The Bertz CT molecular complexity index is 3680. The second kappa shape index (κ2) is 46.2. The SMILES string of the molecule is CCC(N[CH-]C(NC(=O)C(CCCCNC(=O)OC(C)(C)C)N[CH-]C(Cc1cc2ccccc2n1C(=O)OC(C)(C)C)NC(=O)C(CCCCN=C(CC(C)C)C1=C(O)CC(C)(C)CC1=O)NC(C)=O)C(C)C)C(=O)NC([CH-]NC(Cc1cc2ccccc2n1C(=O)OC(C)(C)C)C(=O)NC)CC(C)C.[U].[U].[U]. The quantitative estimate of drug-likeness (QED) is 0.00863. The summed E-state index contributed by atoms with van der Waals surface area (Å²) in [7, 11) is 1.53. The number of benzene rings is 2. The summed E-state index contributed by atoms with van der Waals surface area (Å²) in [6.45, 7) is 40.6. The number of hydrogen-bond acceptors (Lipinski definition) is 17. The third-order valence-corrected chi connectivity index (χ3v) is 17.3. The molecule has 7 unspecified atom stereocenters. The van der Waals surface area contributed by atoms with Crippen LogP contribution in [0.2, 0.25) is 0 Å². The molecular formula is C80H123N12O13U3-3. The molecule has 0 fully saturated rings. The van der Waals surface area contributed by atoms with Gasteiger partial charge in [-0.1, -0.05) is 129 Å². The van der Waals surface area contributed by atoms with E-state index in [1.165, 1.54) is 23.1 Å². The Morgan fingerprint density at radius 1 is 0.593 bits per heavy atom. The van der Waals surface area contributed by atoms with Gasteiger partial charge in [0.05, 0.1) is 34.7 Å². The first-order valence-corrected chi connectivity index (χ1v) is 37.4. The van der Waals surface area contributed by atoms with Gasteiger partial charge in [0, 0.05) is 168 Å². The number of aliphatic imine (C=N–C) groups is 1. The summed E-state index contributed by atoms with van der Waals surface area (Å²) in [6.07, 6.45) is 2.51. The predicted octanol–water partition coefficient (Wildman–Crippen LogP) is 11.7. The maximum atomic E-state index is 15.1. The number of hydrogen-bond donors (Lipinski definition) is 10. The number of rotatable bonds is 38. The van der Waals surface area contributed by atoms with Crippen LogP contribution in [-0.2, 0) is 55.8 Å². The average Bonchev–Trinajstić information content (AvgIpc) is 1.61. The number of para-hydroxylation sites is 2. The fourth-order valence-electron chi connectivity index (χ4n) is 12.4. The smallest absolute Gasteiger partial charge is 0.419 e. The number of aliphatic hydroxyl groups excluding tert-OH is 1. The number of amides is 6. The largest absolute Gasteiger partial charge is 0.511 e. The molecule has 0 saturated heterocycles. The van der Waals surface area contributed by atoms with Crippen molar-refractivity contribution in [1.82, 2.24) is 57.0 Å². The third-order valence-electron chi connectivity index (χ3n) is 17.3. The summed E-state index contributed by atoms with van der Waals surface area (Å²) in [6, 6.07) is 12.6. The molecule has 0 radical (unpaired) electrons. The summed E-state index contributed by atoms with van der Waals surface area (Å²) in [5, 5.41) is 40.4. The molecule has 10 N–H and O–H groups in total. The van der Waals surface area contributed by atoms with Gasteiger partial charge in [0.1, 0.15) is 28.6 Å². The van der Waals surface area contributed by atoms with Crippen LogP contribution < -0.4 is 47.9 Å². The van der Waals surface area contributed by atoms with Crippen molar-refractivity contribution in [2.75, 3.05) is 20.1 Å². The molecule has 2 aromatic heterocycles. The van der Waals surface area contributed by atoms with Gasteiger partial charge in [0.15, 0.2) is 5.78 Å². The molecule has 25 nitrogen and oxygen atoms in total. The maximum absolute atomic E-state index is 15.1. The summed E-state index contributed by atoms with van der Waals surface area (Å²) in [5.41, 5.74) is 0.310. The number of allylic oxidation sites excluding steroid dienone is 2. The number of ether oxygens (including phenoxy) is 3. The van der Waals surface area contributed by atoms with Crippen molar-refractivity contribution in [3.05, 3.63) is 103 Å².